The molecule has 2 N–H and O–H groups in total. The van der Waals surface area contributed by atoms with Crippen molar-refractivity contribution in [3.05, 3.63) is 96.4 Å². The van der Waals surface area contributed by atoms with Crippen LogP contribution in [-0.2, 0) is 16.4 Å². The van der Waals surface area contributed by atoms with Crippen molar-refractivity contribution in [2.24, 2.45) is 0 Å². The molecule has 2 aromatic carbocycles. The lowest BCUT2D eigenvalue weighted by atomic mass is 10.1. The topological polar surface area (TPSA) is 101 Å². The molecule has 4 aromatic rings. The molecule has 2 heterocycles. The summed E-state index contributed by atoms with van der Waals surface area (Å²) in [7, 11) is -3.98. The van der Waals surface area contributed by atoms with Gasteiger partial charge in [0.25, 0.3) is 15.9 Å². The van der Waals surface area contributed by atoms with Gasteiger partial charge in [0.15, 0.2) is 0 Å². The van der Waals surface area contributed by atoms with E-state index >= 15 is 0 Å². The smallest absolute Gasteiger partial charge is 0.264 e. The average molecular weight is 447 g/mol. The first-order valence-corrected chi connectivity index (χ1v) is 11.6. The summed E-state index contributed by atoms with van der Waals surface area (Å²) >= 11 is 0. The van der Waals surface area contributed by atoms with Gasteiger partial charge in [-0.2, -0.15) is 0 Å². The first-order chi connectivity index (χ1) is 15.4. The van der Waals surface area contributed by atoms with E-state index in [4.69, 9.17) is 0 Å². The van der Waals surface area contributed by atoms with Crippen LogP contribution in [0.4, 0.5) is 5.69 Å². The third-order valence-electron chi connectivity index (χ3n) is 4.92. The Morgan fingerprint density at radius 1 is 0.906 bits per heavy atom. The van der Waals surface area contributed by atoms with Crippen LogP contribution < -0.4 is 10.0 Å². The quantitative estimate of drug-likeness (QED) is 0.450. The molecule has 32 heavy (non-hydrogen) atoms. The van der Waals surface area contributed by atoms with Gasteiger partial charge >= 0.3 is 0 Å². The van der Waals surface area contributed by atoms with Gasteiger partial charge < -0.3 is 5.32 Å². The first-order valence-electron chi connectivity index (χ1n) is 10.1. The molecular weight excluding hydrogens is 424 g/mol. The maximum absolute atomic E-state index is 13.2. The fourth-order valence-electron chi connectivity index (χ4n) is 3.45. The molecule has 0 aliphatic carbocycles. The van der Waals surface area contributed by atoms with E-state index in [0.717, 1.165) is 5.69 Å². The minimum Gasteiger partial charge on any atom is -0.349 e. The van der Waals surface area contributed by atoms with Crippen molar-refractivity contribution in [2.45, 2.75) is 24.3 Å². The molecule has 1 atom stereocenters. The molecule has 8 heteroatoms. The number of para-hydroxylation sites is 2. The highest BCUT2D eigenvalue weighted by Crippen LogP contribution is 2.25. The number of carbonyl (C=O) groups is 1. The molecule has 0 aliphatic rings. The number of sulfonamides is 1. The van der Waals surface area contributed by atoms with Crippen molar-refractivity contribution in [1.82, 2.24) is 15.3 Å². The lowest BCUT2D eigenvalue weighted by Gasteiger charge is -2.16. The van der Waals surface area contributed by atoms with E-state index in [1.54, 1.807) is 60.9 Å². The Bertz CT molecular complexity index is 1350. The predicted molar refractivity (Wildman–Crippen MR) is 124 cm³/mol. The van der Waals surface area contributed by atoms with Gasteiger partial charge in [-0.25, -0.2) is 8.42 Å². The van der Waals surface area contributed by atoms with Crippen molar-refractivity contribution in [3.63, 3.8) is 0 Å². The third kappa shape index (κ3) is 4.76. The summed E-state index contributed by atoms with van der Waals surface area (Å²) in [4.78, 5) is 21.5. The third-order valence-corrected chi connectivity index (χ3v) is 6.32. The number of hydrogen-bond donors (Lipinski definition) is 2. The minimum atomic E-state index is -3.98. The minimum absolute atomic E-state index is 0.0503. The maximum atomic E-state index is 13.2. The van der Waals surface area contributed by atoms with E-state index in [2.05, 4.69) is 20.0 Å². The molecule has 0 saturated carbocycles. The van der Waals surface area contributed by atoms with E-state index < -0.39 is 10.0 Å². The summed E-state index contributed by atoms with van der Waals surface area (Å²) in [6.45, 7) is 1.88. The maximum Gasteiger partial charge on any atom is 0.264 e. The Morgan fingerprint density at radius 2 is 1.66 bits per heavy atom. The lowest BCUT2D eigenvalue weighted by Crippen LogP contribution is -2.34. The second kappa shape index (κ2) is 9.15. The molecule has 0 bridgehead atoms. The second-order valence-corrected chi connectivity index (χ2v) is 9.03. The average Bonchev–Trinajstić information content (AvgIpc) is 2.79. The van der Waals surface area contributed by atoms with Gasteiger partial charge in [0.2, 0.25) is 0 Å². The van der Waals surface area contributed by atoms with E-state index in [-0.39, 0.29) is 28.1 Å². The van der Waals surface area contributed by atoms with Gasteiger partial charge in [-0.15, -0.1) is 0 Å². The molecule has 0 spiro atoms. The van der Waals surface area contributed by atoms with Crippen molar-refractivity contribution in [1.29, 1.82) is 0 Å². The highest BCUT2D eigenvalue weighted by Gasteiger charge is 2.22. The zero-order chi connectivity index (χ0) is 22.6. The highest BCUT2D eigenvalue weighted by atomic mass is 32.2. The molecular formula is C24H22N4O3S. The van der Waals surface area contributed by atoms with Gasteiger partial charge in [-0.05, 0) is 43.3 Å². The molecule has 0 radical (unpaired) electrons. The molecule has 0 saturated heterocycles. The van der Waals surface area contributed by atoms with Crippen LogP contribution in [0.5, 0.6) is 0 Å². The number of aromatic nitrogens is 2. The molecule has 0 fully saturated rings. The molecule has 1 unspecified atom stereocenters. The van der Waals surface area contributed by atoms with Crippen LogP contribution in [0.2, 0.25) is 0 Å². The Kier molecular flexibility index (Phi) is 6.13. The summed E-state index contributed by atoms with van der Waals surface area (Å²) in [5.41, 5.74) is 1.66. The molecule has 0 aliphatic heterocycles. The molecule has 1 amide bonds. The molecule has 2 aromatic heterocycles. The molecule has 4 rings (SSSR count). The summed E-state index contributed by atoms with van der Waals surface area (Å²) < 4.78 is 28.9. The summed E-state index contributed by atoms with van der Waals surface area (Å²) in [5, 5.41) is 3.63. The summed E-state index contributed by atoms with van der Waals surface area (Å²) in [6.07, 6.45) is 3.81. The van der Waals surface area contributed by atoms with Gasteiger partial charge in [-0.3, -0.25) is 19.5 Å². The molecule has 162 valence electrons. The number of nitrogens with zero attached hydrogens (tertiary/aromatic N) is 2. The van der Waals surface area contributed by atoms with Gasteiger partial charge in [-0.1, -0.05) is 36.4 Å². The number of hydrogen-bond acceptors (Lipinski definition) is 5. The Labute approximate surface area is 186 Å². The largest absolute Gasteiger partial charge is 0.349 e. The van der Waals surface area contributed by atoms with Gasteiger partial charge in [0.05, 0.1) is 16.8 Å². The van der Waals surface area contributed by atoms with Crippen molar-refractivity contribution >= 4 is 32.5 Å². The number of amides is 1. The number of carbonyl (C=O) groups excluding carboxylic acids is 1. The number of benzene rings is 2. The van der Waals surface area contributed by atoms with E-state index in [0.29, 0.717) is 17.3 Å². The number of pyridine rings is 2. The van der Waals surface area contributed by atoms with Crippen LogP contribution in [0.3, 0.4) is 0 Å². The zero-order valence-corrected chi connectivity index (χ0v) is 18.2. The first kappa shape index (κ1) is 21.5. The fraction of sp³-hybridized carbons (Fsp3) is 0.125. The van der Waals surface area contributed by atoms with Crippen molar-refractivity contribution in [3.8, 4) is 0 Å². The lowest BCUT2D eigenvalue weighted by molar-refractivity contribution is 0.0941. The summed E-state index contributed by atoms with van der Waals surface area (Å²) in [6, 6.07) is 20.4. The summed E-state index contributed by atoms with van der Waals surface area (Å²) in [5.74, 6) is -0.372. The fourth-order valence-corrected chi connectivity index (χ4v) is 4.71. The highest BCUT2D eigenvalue weighted by molar-refractivity contribution is 7.93. The SMILES string of the molecule is CC(Cc1ccccn1)NC(=O)c1ccccc1NS(=O)(=O)c1cccc2cccnc12. The van der Waals surface area contributed by atoms with Crippen LogP contribution in [0.25, 0.3) is 10.9 Å². The Balaban J connectivity index is 1.57. The van der Waals surface area contributed by atoms with Crippen LogP contribution >= 0.6 is 0 Å². The van der Waals surface area contributed by atoms with E-state index in [9.17, 15) is 13.2 Å². The standard InChI is InChI=1S/C24H22N4O3S/c1-17(16-19-10-4-5-14-25-19)27-24(29)20-11-2-3-12-21(20)28-32(30,31)22-13-6-8-18-9-7-15-26-23(18)22/h2-15,17,28H,16H2,1H3,(H,27,29). The van der Waals surface area contributed by atoms with Crippen LogP contribution in [0.15, 0.2) is 90.1 Å². The number of anilines is 1. The van der Waals surface area contributed by atoms with Gasteiger partial charge in [0.1, 0.15) is 4.90 Å². The number of rotatable bonds is 7. The van der Waals surface area contributed by atoms with Gasteiger partial charge in [0, 0.05) is 35.9 Å². The number of nitrogens with one attached hydrogen (secondary N) is 2. The van der Waals surface area contributed by atoms with Crippen molar-refractivity contribution < 1.29 is 13.2 Å². The van der Waals surface area contributed by atoms with Crippen LogP contribution in [-0.4, -0.2) is 30.3 Å². The van der Waals surface area contributed by atoms with Crippen LogP contribution in [0.1, 0.15) is 23.0 Å². The zero-order valence-electron chi connectivity index (χ0n) is 17.4. The Morgan fingerprint density at radius 3 is 2.47 bits per heavy atom. The van der Waals surface area contributed by atoms with Crippen LogP contribution in [0, 0.1) is 0 Å². The van der Waals surface area contributed by atoms with E-state index in [1.165, 1.54) is 6.07 Å². The predicted octanol–water partition coefficient (Wildman–Crippen LogP) is 3.79. The van der Waals surface area contributed by atoms with Crippen molar-refractivity contribution in [2.75, 3.05) is 4.72 Å². The van der Waals surface area contributed by atoms with E-state index in [1.807, 2.05) is 25.1 Å². The Hall–Kier alpha value is -3.78. The number of fused-ring (bicyclic) bond motifs is 1. The monoisotopic (exact) mass is 446 g/mol. The second-order valence-electron chi connectivity index (χ2n) is 7.38. The molecule has 7 nitrogen and oxygen atoms in total. The normalized spacial score (nSPS) is 12.3.